The molecule has 1 radical (unpaired) electrons. The van der Waals surface area contributed by atoms with Crippen molar-refractivity contribution < 1.29 is 0 Å². The monoisotopic (exact) mass is 133 g/mol. The van der Waals surface area contributed by atoms with Gasteiger partial charge in [0.1, 0.15) is 0 Å². The molecule has 0 aromatic rings. The summed E-state index contributed by atoms with van der Waals surface area (Å²) in [6.07, 6.45) is 8.25. The summed E-state index contributed by atoms with van der Waals surface area (Å²) < 4.78 is 0. The van der Waals surface area contributed by atoms with Crippen LogP contribution in [0.1, 0.15) is 6.42 Å². The van der Waals surface area contributed by atoms with Crippen LogP contribution in [0.3, 0.4) is 0 Å². The summed E-state index contributed by atoms with van der Waals surface area (Å²) in [6.45, 7) is 1.86. The molecule has 0 spiro atoms. The highest BCUT2D eigenvalue weighted by molar-refractivity contribution is 5.85. The predicted molar refractivity (Wildman–Crippen MR) is 40.8 cm³/mol. The van der Waals surface area contributed by atoms with Gasteiger partial charge in [0.25, 0.3) is 0 Å². The summed E-state index contributed by atoms with van der Waals surface area (Å²) in [5.41, 5.74) is 2.53. The highest BCUT2D eigenvalue weighted by atomic mass is 14.8. The van der Waals surface area contributed by atoms with E-state index in [2.05, 4.69) is 22.6 Å². The molecule has 0 atom stereocenters. The van der Waals surface area contributed by atoms with Gasteiger partial charge >= 0.3 is 0 Å². The second-order valence-electron chi connectivity index (χ2n) is 2.44. The largest absolute Gasteiger partial charge is 0.382 e. The smallest absolute Gasteiger partial charge is 0.0674 e. The molecule has 0 bridgehead atoms. The third-order valence-electron chi connectivity index (χ3n) is 1.75. The Morgan fingerprint density at radius 1 is 1.60 bits per heavy atom. The SMILES string of the molecule is [C]1=C2C=NCC=C2CCN1. The van der Waals surface area contributed by atoms with Gasteiger partial charge in [0, 0.05) is 18.3 Å². The van der Waals surface area contributed by atoms with Gasteiger partial charge in [-0.1, -0.05) is 6.08 Å². The summed E-state index contributed by atoms with van der Waals surface area (Å²) in [5.74, 6) is 0. The first-order valence-corrected chi connectivity index (χ1v) is 3.52. The Kier molecular flexibility index (Phi) is 1.31. The molecule has 10 heavy (non-hydrogen) atoms. The van der Waals surface area contributed by atoms with Crippen molar-refractivity contribution in [3.05, 3.63) is 23.4 Å². The van der Waals surface area contributed by atoms with E-state index < -0.39 is 0 Å². The summed E-state index contributed by atoms with van der Waals surface area (Å²) in [6, 6.07) is 0. The fourth-order valence-electron chi connectivity index (χ4n) is 1.20. The number of hydrogen-bond donors (Lipinski definition) is 1. The van der Waals surface area contributed by atoms with Crippen LogP contribution in [-0.2, 0) is 0 Å². The van der Waals surface area contributed by atoms with Crippen LogP contribution in [0.15, 0.2) is 22.2 Å². The van der Waals surface area contributed by atoms with E-state index in [1.165, 1.54) is 5.57 Å². The maximum atomic E-state index is 4.12. The zero-order valence-corrected chi connectivity index (χ0v) is 5.72. The molecule has 51 valence electrons. The van der Waals surface area contributed by atoms with Crippen LogP contribution in [0.5, 0.6) is 0 Å². The second kappa shape index (κ2) is 2.29. The average molecular weight is 133 g/mol. The normalized spacial score (nSPS) is 22.4. The molecule has 0 saturated carbocycles. The Hall–Kier alpha value is -1.05. The van der Waals surface area contributed by atoms with Crippen LogP contribution in [0, 0.1) is 6.20 Å². The molecule has 0 saturated heterocycles. The molecule has 0 unspecified atom stereocenters. The number of hydrogen-bond acceptors (Lipinski definition) is 2. The Balaban J connectivity index is 2.32. The van der Waals surface area contributed by atoms with E-state index in [0.717, 1.165) is 25.1 Å². The van der Waals surface area contributed by atoms with Crippen LogP contribution in [0.4, 0.5) is 0 Å². The molecule has 2 aliphatic heterocycles. The number of dihydropyridines is 1. The van der Waals surface area contributed by atoms with Crippen molar-refractivity contribution in [3.8, 4) is 0 Å². The van der Waals surface area contributed by atoms with Gasteiger partial charge in [0.2, 0.25) is 0 Å². The molecule has 0 fully saturated rings. The van der Waals surface area contributed by atoms with Gasteiger partial charge in [-0.05, 0) is 12.0 Å². The highest BCUT2D eigenvalue weighted by Gasteiger charge is 2.09. The van der Waals surface area contributed by atoms with Gasteiger partial charge in [-0.15, -0.1) is 0 Å². The van der Waals surface area contributed by atoms with Gasteiger partial charge in [-0.2, -0.15) is 0 Å². The number of nitrogens with one attached hydrogen (secondary N) is 1. The van der Waals surface area contributed by atoms with Crippen molar-refractivity contribution in [1.29, 1.82) is 0 Å². The van der Waals surface area contributed by atoms with E-state index in [1.807, 2.05) is 6.21 Å². The zero-order chi connectivity index (χ0) is 6.81. The Morgan fingerprint density at radius 2 is 2.60 bits per heavy atom. The maximum Gasteiger partial charge on any atom is 0.0674 e. The lowest BCUT2D eigenvalue weighted by molar-refractivity contribution is 0.775. The molecule has 1 N–H and O–H groups in total. The fourth-order valence-corrected chi connectivity index (χ4v) is 1.20. The lowest BCUT2D eigenvalue weighted by Crippen LogP contribution is -2.18. The van der Waals surface area contributed by atoms with Crippen LogP contribution in [0.2, 0.25) is 0 Å². The van der Waals surface area contributed by atoms with E-state index >= 15 is 0 Å². The average Bonchev–Trinajstić information content (AvgIpc) is 2.05. The zero-order valence-electron chi connectivity index (χ0n) is 5.72. The minimum absolute atomic E-state index is 0.848. The predicted octanol–water partition coefficient (Wildman–Crippen LogP) is 0.678. The molecule has 2 rings (SSSR count). The van der Waals surface area contributed by atoms with E-state index in [-0.39, 0.29) is 0 Å². The number of allylic oxidation sites excluding steroid dienone is 1. The van der Waals surface area contributed by atoms with Crippen molar-refractivity contribution in [2.24, 2.45) is 4.99 Å². The summed E-state index contributed by atoms with van der Waals surface area (Å²) >= 11 is 0. The van der Waals surface area contributed by atoms with Crippen molar-refractivity contribution in [2.45, 2.75) is 6.42 Å². The van der Waals surface area contributed by atoms with Crippen LogP contribution >= 0.6 is 0 Å². The van der Waals surface area contributed by atoms with Gasteiger partial charge in [-0.25, -0.2) is 0 Å². The topological polar surface area (TPSA) is 24.4 Å². The van der Waals surface area contributed by atoms with E-state index in [9.17, 15) is 0 Å². The third kappa shape index (κ3) is 0.856. The van der Waals surface area contributed by atoms with Crippen molar-refractivity contribution in [3.63, 3.8) is 0 Å². The first-order valence-electron chi connectivity index (χ1n) is 3.52. The summed E-state index contributed by atoms with van der Waals surface area (Å²) in [4.78, 5) is 4.12. The Bertz CT molecular complexity index is 223. The standard InChI is InChI=1S/C8H9N2/c1-3-9-5-8-6-10-4-2-7(1)8/h1,5,10H,2-4H2. The van der Waals surface area contributed by atoms with Gasteiger partial charge < -0.3 is 5.32 Å². The second-order valence-corrected chi connectivity index (χ2v) is 2.44. The molecule has 2 aliphatic rings. The quantitative estimate of drug-likeness (QED) is 0.516. The van der Waals surface area contributed by atoms with Crippen LogP contribution in [0.25, 0.3) is 0 Å². The molecule has 2 nitrogen and oxygen atoms in total. The Morgan fingerprint density at radius 3 is 3.50 bits per heavy atom. The number of rotatable bonds is 0. The minimum Gasteiger partial charge on any atom is -0.382 e. The fraction of sp³-hybridized carbons (Fsp3) is 0.375. The summed E-state index contributed by atoms with van der Waals surface area (Å²) in [7, 11) is 0. The molecule has 0 aliphatic carbocycles. The molecule has 2 heteroatoms. The van der Waals surface area contributed by atoms with Crippen LogP contribution < -0.4 is 5.32 Å². The number of nitrogens with zero attached hydrogens (tertiary/aromatic N) is 1. The molecule has 0 amide bonds. The van der Waals surface area contributed by atoms with Crippen molar-refractivity contribution in [1.82, 2.24) is 5.32 Å². The number of aliphatic imine (C=N–C) groups is 1. The van der Waals surface area contributed by atoms with Gasteiger partial charge in [0.05, 0.1) is 12.7 Å². The first kappa shape index (κ1) is 5.71. The maximum absolute atomic E-state index is 4.12. The van der Waals surface area contributed by atoms with Crippen molar-refractivity contribution >= 4 is 6.21 Å². The van der Waals surface area contributed by atoms with Gasteiger partial charge in [-0.3, -0.25) is 4.99 Å². The van der Waals surface area contributed by atoms with E-state index in [0.29, 0.717) is 0 Å². The lowest BCUT2D eigenvalue weighted by Gasteiger charge is -2.16. The first-order chi connectivity index (χ1) is 4.97. The minimum atomic E-state index is 0.848. The molecule has 0 aromatic heterocycles. The summed E-state index contributed by atoms with van der Waals surface area (Å²) in [5, 5.41) is 3.06. The van der Waals surface area contributed by atoms with Gasteiger partial charge in [0.15, 0.2) is 0 Å². The number of fused-ring (bicyclic) bond motifs is 1. The van der Waals surface area contributed by atoms with Crippen LogP contribution in [-0.4, -0.2) is 19.3 Å². The molecular weight excluding hydrogens is 124 g/mol. The molecule has 2 heterocycles. The highest BCUT2D eigenvalue weighted by Crippen LogP contribution is 2.16. The lowest BCUT2D eigenvalue weighted by atomic mass is 10.0. The van der Waals surface area contributed by atoms with E-state index in [4.69, 9.17) is 0 Å². The van der Waals surface area contributed by atoms with E-state index in [1.54, 1.807) is 0 Å². The molecule has 0 aromatic carbocycles. The third-order valence-corrected chi connectivity index (χ3v) is 1.75. The molecular formula is C8H9N2. The van der Waals surface area contributed by atoms with Crippen molar-refractivity contribution in [2.75, 3.05) is 13.1 Å². The Labute approximate surface area is 60.3 Å².